The van der Waals surface area contributed by atoms with Gasteiger partial charge in [0.1, 0.15) is 0 Å². The average Bonchev–Trinajstić information content (AvgIpc) is 2.94. The van der Waals surface area contributed by atoms with Crippen molar-refractivity contribution in [3.8, 4) is 0 Å². The maximum absolute atomic E-state index is 3.93. The van der Waals surface area contributed by atoms with Gasteiger partial charge in [0.05, 0.1) is 0 Å². The highest BCUT2D eigenvalue weighted by atomic mass is 14.9. The molecule has 2 fully saturated rings. The van der Waals surface area contributed by atoms with Gasteiger partial charge in [0, 0.05) is 6.04 Å². The zero-order chi connectivity index (χ0) is 13.7. The highest BCUT2D eigenvalue weighted by Gasteiger charge is 2.43. The van der Waals surface area contributed by atoms with Gasteiger partial charge in [-0.25, -0.2) is 0 Å². The Morgan fingerprint density at radius 2 is 1.79 bits per heavy atom. The van der Waals surface area contributed by atoms with Crippen LogP contribution in [-0.2, 0) is 0 Å². The number of rotatable bonds is 6. The molecule has 0 saturated heterocycles. The summed E-state index contributed by atoms with van der Waals surface area (Å²) in [4.78, 5) is 0. The van der Waals surface area contributed by atoms with Gasteiger partial charge in [-0.2, -0.15) is 0 Å². The molecule has 0 aromatic carbocycles. The van der Waals surface area contributed by atoms with Crippen LogP contribution in [0.3, 0.4) is 0 Å². The lowest BCUT2D eigenvalue weighted by molar-refractivity contribution is 0.0936. The van der Waals surface area contributed by atoms with Gasteiger partial charge in [0.2, 0.25) is 0 Å². The zero-order valence-corrected chi connectivity index (χ0v) is 13.5. The van der Waals surface area contributed by atoms with E-state index in [-0.39, 0.29) is 0 Å². The molecule has 3 atom stereocenters. The summed E-state index contributed by atoms with van der Waals surface area (Å²) in [6.07, 6.45) is 14.6. The van der Waals surface area contributed by atoms with E-state index in [1.165, 1.54) is 64.2 Å². The molecule has 112 valence electrons. The van der Waals surface area contributed by atoms with E-state index in [2.05, 4.69) is 26.1 Å². The molecule has 0 aromatic heterocycles. The molecule has 1 nitrogen and oxygen atoms in total. The molecule has 2 aliphatic carbocycles. The van der Waals surface area contributed by atoms with Crippen molar-refractivity contribution in [2.24, 2.45) is 17.3 Å². The Bertz CT molecular complexity index is 254. The van der Waals surface area contributed by atoms with Crippen LogP contribution in [0.2, 0.25) is 0 Å². The second-order valence-corrected chi connectivity index (χ2v) is 7.16. The van der Waals surface area contributed by atoms with Crippen LogP contribution in [0.5, 0.6) is 0 Å². The molecule has 0 aromatic rings. The standard InChI is InChI=1S/C18H35N/c1-4-15-10-9-11-16(14-15)17(19-6-3)18(5-2)12-7-8-13-18/h15-17,19H,4-14H2,1-3H3. The van der Waals surface area contributed by atoms with E-state index in [1.54, 1.807) is 0 Å². The Morgan fingerprint density at radius 3 is 2.37 bits per heavy atom. The molecule has 2 rings (SSSR count). The van der Waals surface area contributed by atoms with Crippen LogP contribution >= 0.6 is 0 Å². The van der Waals surface area contributed by atoms with Gasteiger partial charge in [-0.05, 0) is 55.9 Å². The second-order valence-electron chi connectivity index (χ2n) is 7.16. The Labute approximate surface area is 120 Å². The van der Waals surface area contributed by atoms with Crippen molar-refractivity contribution in [3.63, 3.8) is 0 Å². The molecule has 2 aliphatic rings. The first-order valence-electron chi connectivity index (χ1n) is 8.99. The molecular formula is C18H35N. The van der Waals surface area contributed by atoms with Crippen molar-refractivity contribution in [1.82, 2.24) is 5.32 Å². The van der Waals surface area contributed by atoms with Crippen LogP contribution < -0.4 is 5.32 Å². The summed E-state index contributed by atoms with van der Waals surface area (Å²) in [5, 5.41) is 3.93. The lowest BCUT2D eigenvalue weighted by Gasteiger charge is -2.45. The number of nitrogens with one attached hydrogen (secondary N) is 1. The van der Waals surface area contributed by atoms with Gasteiger partial charge in [0.15, 0.2) is 0 Å². The first-order valence-corrected chi connectivity index (χ1v) is 8.99. The Kier molecular flexibility index (Phi) is 5.74. The van der Waals surface area contributed by atoms with Crippen LogP contribution in [0.1, 0.15) is 85.0 Å². The third kappa shape index (κ3) is 3.35. The largest absolute Gasteiger partial charge is 0.313 e. The Hall–Kier alpha value is -0.0400. The fraction of sp³-hybridized carbons (Fsp3) is 1.00. The summed E-state index contributed by atoms with van der Waals surface area (Å²) in [6.45, 7) is 8.28. The summed E-state index contributed by atoms with van der Waals surface area (Å²) in [6, 6.07) is 0.805. The van der Waals surface area contributed by atoms with Crippen LogP contribution in [0.4, 0.5) is 0 Å². The van der Waals surface area contributed by atoms with Crippen LogP contribution in [0.15, 0.2) is 0 Å². The zero-order valence-electron chi connectivity index (χ0n) is 13.5. The van der Waals surface area contributed by atoms with Crippen LogP contribution in [-0.4, -0.2) is 12.6 Å². The van der Waals surface area contributed by atoms with Crippen molar-refractivity contribution in [2.45, 2.75) is 91.0 Å². The lowest BCUT2D eigenvalue weighted by Crippen LogP contribution is -2.49. The van der Waals surface area contributed by atoms with Crippen molar-refractivity contribution >= 4 is 0 Å². The van der Waals surface area contributed by atoms with Gasteiger partial charge in [-0.3, -0.25) is 0 Å². The molecule has 3 unspecified atom stereocenters. The molecule has 1 N–H and O–H groups in total. The van der Waals surface area contributed by atoms with E-state index in [9.17, 15) is 0 Å². The summed E-state index contributed by atoms with van der Waals surface area (Å²) >= 11 is 0. The maximum Gasteiger partial charge on any atom is 0.0152 e. The molecule has 0 bridgehead atoms. The summed E-state index contributed by atoms with van der Waals surface area (Å²) < 4.78 is 0. The summed E-state index contributed by atoms with van der Waals surface area (Å²) in [5.74, 6) is 1.96. The van der Waals surface area contributed by atoms with Gasteiger partial charge in [-0.15, -0.1) is 0 Å². The van der Waals surface area contributed by atoms with E-state index in [0.717, 1.165) is 24.4 Å². The van der Waals surface area contributed by atoms with Crippen LogP contribution in [0.25, 0.3) is 0 Å². The number of hydrogen-bond donors (Lipinski definition) is 1. The molecule has 2 saturated carbocycles. The van der Waals surface area contributed by atoms with Gasteiger partial charge in [0.25, 0.3) is 0 Å². The van der Waals surface area contributed by atoms with Gasteiger partial charge in [-0.1, -0.05) is 52.9 Å². The molecule has 19 heavy (non-hydrogen) atoms. The molecule has 0 heterocycles. The van der Waals surface area contributed by atoms with E-state index in [0.29, 0.717) is 5.41 Å². The molecule has 0 spiro atoms. The molecular weight excluding hydrogens is 230 g/mol. The topological polar surface area (TPSA) is 12.0 Å². The van der Waals surface area contributed by atoms with E-state index in [4.69, 9.17) is 0 Å². The molecule has 0 amide bonds. The van der Waals surface area contributed by atoms with Crippen molar-refractivity contribution in [1.29, 1.82) is 0 Å². The van der Waals surface area contributed by atoms with E-state index in [1.807, 2.05) is 0 Å². The highest BCUT2D eigenvalue weighted by molar-refractivity contribution is 4.98. The van der Waals surface area contributed by atoms with Crippen LogP contribution in [0, 0.1) is 17.3 Å². The predicted octanol–water partition coefficient (Wildman–Crippen LogP) is 5.15. The minimum Gasteiger partial charge on any atom is -0.313 e. The fourth-order valence-electron chi connectivity index (χ4n) is 5.07. The third-order valence-electron chi connectivity index (χ3n) is 6.26. The van der Waals surface area contributed by atoms with Crippen molar-refractivity contribution in [3.05, 3.63) is 0 Å². The Morgan fingerprint density at radius 1 is 1.05 bits per heavy atom. The third-order valence-corrected chi connectivity index (χ3v) is 6.26. The Balaban J connectivity index is 2.09. The smallest absolute Gasteiger partial charge is 0.0152 e. The maximum atomic E-state index is 3.93. The highest BCUT2D eigenvalue weighted by Crippen LogP contribution is 2.49. The minimum absolute atomic E-state index is 0.635. The van der Waals surface area contributed by atoms with Gasteiger partial charge < -0.3 is 5.32 Å². The predicted molar refractivity (Wildman–Crippen MR) is 84.4 cm³/mol. The van der Waals surface area contributed by atoms with Crippen molar-refractivity contribution < 1.29 is 0 Å². The van der Waals surface area contributed by atoms with Crippen molar-refractivity contribution in [2.75, 3.05) is 6.54 Å². The summed E-state index contributed by atoms with van der Waals surface area (Å²) in [5.41, 5.74) is 0.635. The fourth-order valence-corrected chi connectivity index (χ4v) is 5.07. The molecule has 0 radical (unpaired) electrons. The monoisotopic (exact) mass is 265 g/mol. The SMILES string of the molecule is CCNC(C1CCCC(CC)C1)C1(CC)CCCC1. The average molecular weight is 265 g/mol. The number of hydrogen-bond acceptors (Lipinski definition) is 1. The van der Waals surface area contributed by atoms with E-state index >= 15 is 0 Å². The first kappa shape index (κ1) is 15.4. The second kappa shape index (κ2) is 7.11. The quantitative estimate of drug-likeness (QED) is 0.700. The van der Waals surface area contributed by atoms with E-state index < -0.39 is 0 Å². The lowest BCUT2D eigenvalue weighted by atomic mass is 9.65. The molecule has 0 aliphatic heterocycles. The minimum atomic E-state index is 0.635. The summed E-state index contributed by atoms with van der Waals surface area (Å²) in [7, 11) is 0. The van der Waals surface area contributed by atoms with Gasteiger partial charge >= 0.3 is 0 Å². The normalized spacial score (nSPS) is 32.4. The molecule has 1 heteroatoms. The first-order chi connectivity index (χ1) is 9.25.